The number of thioether (sulfide) groups is 1. The summed E-state index contributed by atoms with van der Waals surface area (Å²) in [5.74, 6) is 1.21. The second kappa shape index (κ2) is 6.65. The zero-order valence-electron chi connectivity index (χ0n) is 7.55. The summed E-state index contributed by atoms with van der Waals surface area (Å²) in [5, 5.41) is 4.39. The summed E-state index contributed by atoms with van der Waals surface area (Å²) in [5.41, 5.74) is 0. The highest BCUT2D eigenvalue weighted by Crippen LogP contribution is 2.17. The Bertz CT molecular complexity index is 240. The Kier molecular flexibility index (Phi) is 5.78. The first-order chi connectivity index (χ1) is 6.33. The van der Waals surface area contributed by atoms with Crippen LogP contribution >= 0.6 is 34.7 Å². The van der Waals surface area contributed by atoms with Gasteiger partial charge in [0.25, 0.3) is 0 Å². The zero-order chi connectivity index (χ0) is 9.52. The van der Waals surface area contributed by atoms with Gasteiger partial charge in [-0.2, -0.15) is 11.8 Å². The van der Waals surface area contributed by atoms with Gasteiger partial charge in [0.1, 0.15) is 9.34 Å². The van der Waals surface area contributed by atoms with Crippen molar-refractivity contribution in [2.24, 2.45) is 0 Å². The van der Waals surface area contributed by atoms with Crippen molar-refractivity contribution in [2.75, 3.05) is 18.6 Å². The molecule has 0 fully saturated rings. The molecule has 1 N–H and O–H groups in total. The van der Waals surface area contributed by atoms with Gasteiger partial charge in [0, 0.05) is 6.54 Å². The molecule has 0 saturated heterocycles. The number of nitrogens with one attached hydrogen (secondary N) is 1. The van der Waals surface area contributed by atoms with Crippen molar-refractivity contribution in [3.63, 3.8) is 0 Å². The van der Waals surface area contributed by atoms with Gasteiger partial charge in [-0.25, -0.2) is 4.98 Å². The maximum Gasteiger partial charge on any atom is 0.113 e. The van der Waals surface area contributed by atoms with Gasteiger partial charge in [-0.15, -0.1) is 11.3 Å². The lowest BCUT2D eigenvalue weighted by atomic mass is 10.5. The number of hydrogen-bond donors (Lipinski definition) is 1. The van der Waals surface area contributed by atoms with Gasteiger partial charge in [-0.1, -0.05) is 11.6 Å². The second-order valence-corrected chi connectivity index (χ2v) is 5.31. The summed E-state index contributed by atoms with van der Waals surface area (Å²) in [4.78, 5) is 4.15. The molecule has 1 aromatic heterocycles. The van der Waals surface area contributed by atoms with Crippen molar-refractivity contribution in [3.8, 4) is 0 Å². The molecule has 5 heteroatoms. The molecule has 0 aliphatic heterocycles. The Balaban J connectivity index is 2.06. The standard InChI is InChI=1S/C8H13ClN2S2/c1-12-4-2-3-10-6-8-11-5-7(9)13-8/h5,10H,2-4,6H2,1H3. The van der Waals surface area contributed by atoms with Gasteiger partial charge >= 0.3 is 0 Å². The number of rotatable bonds is 6. The lowest BCUT2D eigenvalue weighted by Gasteiger charge is -2.00. The first-order valence-electron chi connectivity index (χ1n) is 4.13. The Labute approximate surface area is 92.1 Å². The van der Waals surface area contributed by atoms with Gasteiger partial charge in [-0.05, 0) is 25.0 Å². The first kappa shape index (κ1) is 11.3. The molecule has 0 bridgehead atoms. The number of aromatic nitrogens is 1. The number of hydrogen-bond acceptors (Lipinski definition) is 4. The Morgan fingerprint density at radius 2 is 2.54 bits per heavy atom. The fourth-order valence-electron chi connectivity index (χ4n) is 0.907. The molecule has 1 aromatic rings. The fraction of sp³-hybridized carbons (Fsp3) is 0.625. The van der Waals surface area contributed by atoms with E-state index in [4.69, 9.17) is 11.6 Å². The minimum Gasteiger partial charge on any atom is -0.310 e. The number of thiazole rings is 1. The fourth-order valence-corrected chi connectivity index (χ4v) is 2.27. The maximum atomic E-state index is 5.75. The van der Waals surface area contributed by atoms with Crippen LogP contribution < -0.4 is 5.32 Å². The molecular formula is C8H13ClN2S2. The molecule has 13 heavy (non-hydrogen) atoms. The Morgan fingerprint density at radius 1 is 1.69 bits per heavy atom. The van der Waals surface area contributed by atoms with E-state index in [9.17, 15) is 0 Å². The van der Waals surface area contributed by atoms with Crippen molar-refractivity contribution in [2.45, 2.75) is 13.0 Å². The van der Waals surface area contributed by atoms with E-state index in [0.29, 0.717) is 0 Å². The zero-order valence-corrected chi connectivity index (χ0v) is 9.94. The highest BCUT2D eigenvalue weighted by Gasteiger charge is 1.97. The van der Waals surface area contributed by atoms with Gasteiger partial charge in [-0.3, -0.25) is 0 Å². The number of halogens is 1. The largest absolute Gasteiger partial charge is 0.310 e. The molecule has 0 unspecified atom stereocenters. The molecule has 0 aliphatic carbocycles. The lowest BCUT2D eigenvalue weighted by Crippen LogP contribution is -2.14. The van der Waals surface area contributed by atoms with Crippen molar-refractivity contribution in [3.05, 3.63) is 15.5 Å². The minimum atomic E-state index is 0.765. The molecule has 0 amide bonds. The van der Waals surface area contributed by atoms with Crippen LogP contribution in [-0.2, 0) is 6.54 Å². The van der Waals surface area contributed by atoms with Crippen LogP contribution in [-0.4, -0.2) is 23.5 Å². The predicted molar refractivity (Wildman–Crippen MR) is 61.8 cm³/mol. The summed E-state index contributed by atoms with van der Waals surface area (Å²) >= 11 is 9.16. The summed E-state index contributed by atoms with van der Waals surface area (Å²) < 4.78 is 0.765. The van der Waals surface area contributed by atoms with Crippen LogP contribution in [0.3, 0.4) is 0 Å². The summed E-state index contributed by atoms with van der Waals surface area (Å²) in [6.45, 7) is 1.89. The van der Waals surface area contributed by atoms with E-state index >= 15 is 0 Å². The quantitative estimate of drug-likeness (QED) is 0.769. The predicted octanol–water partition coefficient (Wildman–Crippen LogP) is 2.64. The maximum absolute atomic E-state index is 5.75. The Morgan fingerprint density at radius 3 is 3.15 bits per heavy atom. The highest BCUT2D eigenvalue weighted by molar-refractivity contribution is 7.98. The molecule has 0 atom stereocenters. The molecule has 1 rings (SSSR count). The smallest absolute Gasteiger partial charge is 0.113 e. The molecule has 0 saturated carbocycles. The lowest BCUT2D eigenvalue weighted by molar-refractivity contribution is 0.676. The Hall–Kier alpha value is 0.230. The van der Waals surface area contributed by atoms with Gasteiger partial charge in [0.2, 0.25) is 0 Å². The van der Waals surface area contributed by atoms with E-state index < -0.39 is 0 Å². The van der Waals surface area contributed by atoms with Crippen LogP contribution in [0.4, 0.5) is 0 Å². The molecule has 0 radical (unpaired) electrons. The topological polar surface area (TPSA) is 24.9 Å². The average Bonchev–Trinajstić information content (AvgIpc) is 2.51. The van der Waals surface area contributed by atoms with Crippen LogP contribution in [0.2, 0.25) is 4.34 Å². The first-order valence-corrected chi connectivity index (χ1v) is 6.71. The van der Waals surface area contributed by atoms with Crippen molar-refractivity contribution >= 4 is 34.7 Å². The van der Waals surface area contributed by atoms with E-state index in [0.717, 1.165) is 22.4 Å². The van der Waals surface area contributed by atoms with E-state index in [1.54, 1.807) is 6.20 Å². The minimum absolute atomic E-state index is 0.765. The van der Waals surface area contributed by atoms with Crippen LogP contribution in [0, 0.1) is 0 Å². The summed E-state index contributed by atoms with van der Waals surface area (Å²) in [6, 6.07) is 0. The number of nitrogens with zero attached hydrogens (tertiary/aromatic N) is 1. The SMILES string of the molecule is CSCCCNCc1ncc(Cl)s1. The van der Waals surface area contributed by atoms with Gasteiger partial charge in [0.05, 0.1) is 6.20 Å². The van der Waals surface area contributed by atoms with Crippen LogP contribution in [0.25, 0.3) is 0 Å². The van der Waals surface area contributed by atoms with Crippen LogP contribution in [0.15, 0.2) is 6.20 Å². The van der Waals surface area contributed by atoms with Crippen LogP contribution in [0.5, 0.6) is 0 Å². The highest BCUT2D eigenvalue weighted by atomic mass is 35.5. The monoisotopic (exact) mass is 236 g/mol. The van der Waals surface area contributed by atoms with Gasteiger partial charge < -0.3 is 5.32 Å². The van der Waals surface area contributed by atoms with E-state index in [1.165, 1.54) is 23.5 Å². The normalized spacial score (nSPS) is 10.6. The molecule has 0 aromatic carbocycles. The van der Waals surface area contributed by atoms with Crippen molar-refractivity contribution in [1.29, 1.82) is 0 Å². The summed E-state index contributed by atoms with van der Waals surface area (Å²) in [6.07, 6.45) is 5.03. The molecule has 0 spiro atoms. The van der Waals surface area contributed by atoms with E-state index in [1.807, 2.05) is 11.8 Å². The third-order valence-corrected chi connectivity index (χ3v) is 3.32. The third-order valence-electron chi connectivity index (χ3n) is 1.50. The van der Waals surface area contributed by atoms with E-state index in [-0.39, 0.29) is 0 Å². The molecular weight excluding hydrogens is 224 g/mol. The molecule has 0 aliphatic rings. The summed E-state index contributed by atoms with van der Waals surface area (Å²) in [7, 11) is 0. The van der Waals surface area contributed by atoms with Crippen molar-refractivity contribution < 1.29 is 0 Å². The molecule has 1 heterocycles. The average molecular weight is 237 g/mol. The van der Waals surface area contributed by atoms with Gasteiger partial charge in [0.15, 0.2) is 0 Å². The second-order valence-electron chi connectivity index (χ2n) is 2.58. The molecule has 74 valence electrons. The molecule has 2 nitrogen and oxygen atoms in total. The third kappa shape index (κ3) is 4.86. The van der Waals surface area contributed by atoms with E-state index in [2.05, 4.69) is 16.6 Å². The van der Waals surface area contributed by atoms with Crippen molar-refractivity contribution in [1.82, 2.24) is 10.3 Å². The van der Waals surface area contributed by atoms with Crippen LogP contribution in [0.1, 0.15) is 11.4 Å².